The summed E-state index contributed by atoms with van der Waals surface area (Å²) >= 11 is 8.07. The second-order valence-corrected chi connectivity index (χ2v) is 6.01. The van der Waals surface area contributed by atoms with E-state index >= 15 is 0 Å². The van der Waals surface area contributed by atoms with Gasteiger partial charge in [0.1, 0.15) is 5.75 Å². The maximum atomic E-state index is 6.46. The zero-order valence-electron chi connectivity index (χ0n) is 12.5. The van der Waals surface area contributed by atoms with Crippen molar-refractivity contribution in [3.8, 4) is 5.75 Å². The molecule has 2 rings (SSSR count). The largest absolute Gasteiger partial charge is 0.496 e. The van der Waals surface area contributed by atoms with Gasteiger partial charge in [-0.1, -0.05) is 18.5 Å². The minimum atomic E-state index is -0.0110. The lowest BCUT2D eigenvalue weighted by molar-refractivity contribution is 0.415. The van der Waals surface area contributed by atoms with E-state index in [4.69, 9.17) is 22.2 Å². The van der Waals surface area contributed by atoms with E-state index in [0.29, 0.717) is 6.42 Å². The number of thiophene rings is 1. The Bertz CT molecular complexity index is 596. The number of halogens is 1. The average Bonchev–Trinajstić information content (AvgIpc) is 3.09. The van der Waals surface area contributed by atoms with Crippen LogP contribution in [0.1, 0.15) is 36.2 Å². The zero-order valence-corrected chi connectivity index (χ0v) is 14.1. The summed E-state index contributed by atoms with van der Waals surface area (Å²) in [5.41, 5.74) is 4.82. The molecular formula is C14H21ClN4OS. The van der Waals surface area contributed by atoms with Gasteiger partial charge >= 0.3 is 0 Å². The van der Waals surface area contributed by atoms with Crippen LogP contribution < -0.4 is 16.0 Å². The van der Waals surface area contributed by atoms with E-state index in [0.717, 1.165) is 40.0 Å². The Hall–Kier alpha value is -1.08. The second kappa shape index (κ2) is 7.26. The molecule has 116 valence electrons. The summed E-state index contributed by atoms with van der Waals surface area (Å²) in [6.07, 6.45) is 1.52. The first-order valence-corrected chi connectivity index (χ1v) is 8.22. The lowest BCUT2D eigenvalue weighted by Crippen LogP contribution is -2.29. The number of hydrogen-bond acceptors (Lipinski definition) is 5. The Morgan fingerprint density at radius 2 is 2.29 bits per heavy atom. The van der Waals surface area contributed by atoms with Crippen LogP contribution in [0.4, 0.5) is 0 Å². The van der Waals surface area contributed by atoms with E-state index < -0.39 is 0 Å². The third kappa shape index (κ3) is 3.40. The van der Waals surface area contributed by atoms with E-state index in [1.807, 2.05) is 16.1 Å². The van der Waals surface area contributed by atoms with Crippen LogP contribution >= 0.6 is 22.9 Å². The summed E-state index contributed by atoms with van der Waals surface area (Å²) in [4.78, 5) is 1.12. The third-order valence-corrected chi connectivity index (χ3v) is 4.93. The summed E-state index contributed by atoms with van der Waals surface area (Å²) in [7, 11) is 1.66. The molecular weight excluding hydrogens is 308 g/mol. The smallest absolute Gasteiger partial charge is 0.129 e. The second-order valence-electron chi connectivity index (χ2n) is 4.69. The summed E-state index contributed by atoms with van der Waals surface area (Å²) in [5.74, 6) is 6.57. The van der Waals surface area contributed by atoms with Crippen LogP contribution in [0.5, 0.6) is 5.75 Å². The van der Waals surface area contributed by atoms with Gasteiger partial charge in [-0.15, -0.1) is 11.3 Å². The molecule has 2 aromatic heterocycles. The molecule has 0 aliphatic rings. The third-order valence-electron chi connectivity index (χ3n) is 3.47. The Kier molecular flexibility index (Phi) is 5.64. The van der Waals surface area contributed by atoms with Gasteiger partial charge in [-0.2, -0.15) is 5.10 Å². The Morgan fingerprint density at radius 1 is 1.52 bits per heavy atom. The molecule has 0 spiro atoms. The van der Waals surface area contributed by atoms with Crippen LogP contribution in [0.3, 0.4) is 0 Å². The van der Waals surface area contributed by atoms with Gasteiger partial charge in [-0.25, -0.2) is 0 Å². The number of aromatic nitrogens is 2. The van der Waals surface area contributed by atoms with E-state index in [9.17, 15) is 0 Å². The molecule has 21 heavy (non-hydrogen) atoms. The van der Waals surface area contributed by atoms with Crippen molar-refractivity contribution in [2.75, 3.05) is 7.11 Å². The van der Waals surface area contributed by atoms with Gasteiger partial charge in [-0.05, 0) is 19.4 Å². The molecule has 2 aromatic rings. The Morgan fingerprint density at radius 3 is 2.81 bits per heavy atom. The molecule has 0 saturated carbocycles. The normalized spacial score (nSPS) is 12.6. The van der Waals surface area contributed by atoms with Gasteiger partial charge < -0.3 is 4.74 Å². The molecule has 0 aliphatic heterocycles. The zero-order chi connectivity index (χ0) is 15.4. The number of ether oxygens (including phenoxy) is 1. The molecule has 5 nitrogen and oxygen atoms in total. The molecule has 2 heterocycles. The van der Waals surface area contributed by atoms with E-state index in [-0.39, 0.29) is 6.04 Å². The Labute approximate surface area is 134 Å². The number of nitrogens with two attached hydrogens (primary N) is 1. The highest BCUT2D eigenvalue weighted by atomic mass is 35.5. The monoisotopic (exact) mass is 328 g/mol. The number of hydrazine groups is 1. The molecule has 1 atom stereocenters. The van der Waals surface area contributed by atoms with Crippen molar-refractivity contribution in [3.05, 3.63) is 32.7 Å². The Balaban J connectivity index is 2.27. The molecule has 0 fully saturated rings. The van der Waals surface area contributed by atoms with Crippen molar-refractivity contribution in [1.82, 2.24) is 15.2 Å². The van der Waals surface area contributed by atoms with Gasteiger partial charge in [0.15, 0.2) is 0 Å². The topological polar surface area (TPSA) is 65.1 Å². The maximum Gasteiger partial charge on any atom is 0.129 e. The first-order valence-electron chi connectivity index (χ1n) is 6.97. The highest BCUT2D eigenvalue weighted by Gasteiger charge is 2.20. The van der Waals surface area contributed by atoms with E-state index in [1.165, 1.54) is 0 Å². The average molecular weight is 329 g/mol. The van der Waals surface area contributed by atoms with Crippen molar-refractivity contribution in [2.24, 2.45) is 5.84 Å². The highest BCUT2D eigenvalue weighted by molar-refractivity contribution is 7.10. The van der Waals surface area contributed by atoms with Crippen molar-refractivity contribution >= 4 is 22.9 Å². The van der Waals surface area contributed by atoms with Gasteiger partial charge in [0, 0.05) is 23.2 Å². The molecule has 0 amide bonds. The molecule has 0 radical (unpaired) electrons. The van der Waals surface area contributed by atoms with Crippen molar-refractivity contribution < 1.29 is 4.74 Å². The van der Waals surface area contributed by atoms with Crippen LogP contribution in [0.2, 0.25) is 5.02 Å². The van der Waals surface area contributed by atoms with E-state index in [1.54, 1.807) is 18.4 Å². The first-order chi connectivity index (χ1) is 10.1. The molecule has 0 aromatic carbocycles. The maximum absolute atomic E-state index is 6.46. The van der Waals surface area contributed by atoms with Gasteiger partial charge in [0.2, 0.25) is 0 Å². The van der Waals surface area contributed by atoms with Crippen LogP contribution in [-0.2, 0) is 19.4 Å². The van der Waals surface area contributed by atoms with Crippen molar-refractivity contribution in [3.63, 3.8) is 0 Å². The van der Waals surface area contributed by atoms with Crippen LogP contribution in [0.25, 0.3) is 0 Å². The van der Waals surface area contributed by atoms with E-state index in [2.05, 4.69) is 24.4 Å². The highest BCUT2D eigenvalue weighted by Crippen LogP contribution is 2.31. The van der Waals surface area contributed by atoms with Gasteiger partial charge in [-0.3, -0.25) is 16.0 Å². The molecule has 7 heteroatoms. The molecule has 3 N–H and O–H groups in total. The number of nitrogens with zero attached hydrogens (tertiary/aromatic N) is 2. The number of aryl methyl sites for hydroxylation is 2. The molecule has 1 unspecified atom stereocenters. The SMILES string of the molecule is CCc1nn(CC)c(CC(NN)c2cc(OC)cs2)c1Cl. The number of methoxy groups -OCH3 is 1. The summed E-state index contributed by atoms with van der Waals surface area (Å²) in [5, 5.41) is 7.26. The fraction of sp³-hybridized carbons (Fsp3) is 0.500. The van der Waals surface area contributed by atoms with Crippen molar-refractivity contribution in [2.45, 2.75) is 39.3 Å². The fourth-order valence-electron chi connectivity index (χ4n) is 2.27. The number of nitrogens with one attached hydrogen (secondary N) is 1. The van der Waals surface area contributed by atoms with Crippen LogP contribution in [0.15, 0.2) is 11.4 Å². The predicted molar refractivity (Wildman–Crippen MR) is 86.9 cm³/mol. The fourth-order valence-corrected chi connectivity index (χ4v) is 3.53. The summed E-state index contributed by atoms with van der Waals surface area (Å²) in [6.45, 7) is 4.91. The standard InChI is InChI=1S/C14H21ClN4OS/c1-4-10-14(15)12(19(5-2)18-10)7-11(17-16)13-6-9(20-3)8-21-13/h6,8,11,17H,4-5,7,16H2,1-3H3. The minimum Gasteiger partial charge on any atom is -0.496 e. The minimum absolute atomic E-state index is 0.0110. The number of rotatable bonds is 7. The van der Waals surface area contributed by atoms with Crippen LogP contribution in [0, 0.1) is 0 Å². The first kappa shape index (κ1) is 16.3. The molecule has 0 bridgehead atoms. The van der Waals surface area contributed by atoms with Crippen molar-refractivity contribution in [1.29, 1.82) is 0 Å². The summed E-state index contributed by atoms with van der Waals surface area (Å²) in [6, 6.07) is 1.99. The van der Waals surface area contributed by atoms with Gasteiger partial charge in [0.05, 0.1) is 29.6 Å². The lowest BCUT2D eigenvalue weighted by Gasteiger charge is -2.15. The lowest BCUT2D eigenvalue weighted by atomic mass is 10.1. The molecule has 0 saturated heterocycles. The number of hydrogen-bond donors (Lipinski definition) is 2. The van der Waals surface area contributed by atoms with Gasteiger partial charge in [0.25, 0.3) is 0 Å². The quantitative estimate of drug-likeness (QED) is 0.606. The molecule has 0 aliphatic carbocycles. The summed E-state index contributed by atoms with van der Waals surface area (Å²) < 4.78 is 7.18. The van der Waals surface area contributed by atoms with Crippen LogP contribution in [-0.4, -0.2) is 16.9 Å². The predicted octanol–water partition coefficient (Wildman–Crippen LogP) is 2.94.